The van der Waals surface area contributed by atoms with Gasteiger partial charge >= 0.3 is 0 Å². The maximum atomic E-state index is 12.2. The maximum Gasteiger partial charge on any atom is 0.255 e. The van der Waals surface area contributed by atoms with E-state index in [-0.39, 0.29) is 12.1 Å². The first kappa shape index (κ1) is 15.3. The minimum absolute atomic E-state index is 0.0886. The summed E-state index contributed by atoms with van der Waals surface area (Å²) in [7, 11) is 1.64. The number of nitrogens with zero attached hydrogens (tertiary/aromatic N) is 2. The molecule has 6 heteroatoms. The molecule has 1 heterocycles. The van der Waals surface area contributed by atoms with E-state index in [0.717, 1.165) is 18.7 Å². The number of aromatic nitrogens is 1. The smallest absolute Gasteiger partial charge is 0.255 e. The van der Waals surface area contributed by atoms with Crippen molar-refractivity contribution in [3.63, 3.8) is 0 Å². The van der Waals surface area contributed by atoms with E-state index in [9.17, 15) is 8.78 Å². The van der Waals surface area contributed by atoms with Gasteiger partial charge in [-0.2, -0.15) is 0 Å². The Bertz CT molecular complexity index is 360. The molecule has 1 rings (SSSR count). The van der Waals surface area contributed by atoms with Crippen molar-refractivity contribution in [2.24, 2.45) is 0 Å². The van der Waals surface area contributed by atoms with Gasteiger partial charge in [-0.05, 0) is 20.8 Å². The molecule has 0 saturated carbocycles. The van der Waals surface area contributed by atoms with Crippen LogP contribution in [0.5, 0.6) is 0 Å². The van der Waals surface area contributed by atoms with Crippen LogP contribution < -0.4 is 10.2 Å². The van der Waals surface area contributed by atoms with Crippen molar-refractivity contribution in [3.8, 4) is 0 Å². The molecule has 0 atom stereocenters. The SMILES string of the molecule is CN(CC(F)F)c1nc(CCNC(C)(C)C)cs1. The van der Waals surface area contributed by atoms with Crippen molar-refractivity contribution >= 4 is 16.5 Å². The lowest BCUT2D eigenvalue weighted by atomic mass is 10.1. The van der Waals surface area contributed by atoms with Crippen molar-refractivity contribution in [3.05, 3.63) is 11.1 Å². The number of halogens is 2. The normalized spacial score (nSPS) is 12.2. The highest BCUT2D eigenvalue weighted by atomic mass is 32.1. The van der Waals surface area contributed by atoms with E-state index < -0.39 is 6.43 Å². The van der Waals surface area contributed by atoms with Crippen molar-refractivity contribution in [1.29, 1.82) is 0 Å². The summed E-state index contributed by atoms with van der Waals surface area (Å²) in [5.41, 5.74) is 1.04. The molecule has 104 valence electrons. The van der Waals surface area contributed by atoms with Crippen molar-refractivity contribution < 1.29 is 8.78 Å². The van der Waals surface area contributed by atoms with Crippen LogP contribution in [0.3, 0.4) is 0 Å². The van der Waals surface area contributed by atoms with Gasteiger partial charge in [0.15, 0.2) is 5.13 Å². The van der Waals surface area contributed by atoms with Gasteiger partial charge in [-0.25, -0.2) is 13.8 Å². The Morgan fingerprint density at radius 3 is 2.67 bits per heavy atom. The summed E-state index contributed by atoms with van der Waals surface area (Å²) in [6.07, 6.45) is -1.51. The van der Waals surface area contributed by atoms with Gasteiger partial charge < -0.3 is 10.2 Å². The lowest BCUT2D eigenvalue weighted by Crippen LogP contribution is -2.37. The van der Waals surface area contributed by atoms with E-state index in [1.165, 1.54) is 16.2 Å². The fraction of sp³-hybridized carbons (Fsp3) is 0.750. The van der Waals surface area contributed by atoms with Gasteiger partial charge in [-0.3, -0.25) is 0 Å². The first-order chi connectivity index (χ1) is 8.28. The molecule has 0 radical (unpaired) electrons. The van der Waals surface area contributed by atoms with Gasteiger partial charge in [0.25, 0.3) is 6.43 Å². The molecular weight excluding hydrogens is 256 g/mol. The summed E-state index contributed by atoms with van der Waals surface area (Å²) in [5.74, 6) is 0. The standard InChI is InChI=1S/C12H21F2N3S/c1-12(2,3)15-6-5-9-8-18-11(16-9)17(4)7-10(13)14/h8,10,15H,5-7H2,1-4H3. The Labute approximate surface area is 111 Å². The van der Waals surface area contributed by atoms with E-state index in [1.807, 2.05) is 5.38 Å². The fourth-order valence-corrected chi connectivity index (χ4v) is 2.27. The predicted molar refractivity (Wildman–Crippen MR) is 72.8 cm³/mol. The molecule has 0 spiro atoms. The second kappa shape index (κ2) is 6.43. The number of hydrogen-bond acceptors (Lipinski definition) is 4. The molecule has 0 fully saturated rings. The molecule has 0 aliphatic heterocycles. The van der Waals surface area contributed by atoms with E-state index in [1.54, 1.807) is 7.05 Å². The summed E-state index contributed by atoms with van der Waals surface area (Å²) in [6, 6.07) is 0. The van der Waals surface area contributed by atoms with Gasteiger partial charge in [0.1, 0.15) is 0 Å². The van der Waals surface area contributed by atoms with Crippen LogP contribution in [-0.2, 0) is 6.42 Å². The lowest BCUT2D eigenvalue weighted by Gasteiger charge is -2.20. The highest BCUT2D eigenvalue weighted by Gasteiger charge is 2.13. The van der Waals surface area contributed by atoms with Crippen LogP contribution in [0.2, 0.25) is 0 Å². The highest BCUT2D eigenvalue weighted by Crippen LogP contribution is 2.20. The molecule has 0 saturated heterocycles. The molecule has 0 aliphatic carbocycles. The average Bonchev–Trinajstić information content (AvgIpc) is 2.63. The molecule has 1 N–H and O–H groups in total. The average molecular weight is 277 g/mol. The number of nitrogens with one attached hydrogen (secondary N) is 1. The quantitative estimate of drug-likeness (QED) is 0.866. The second-order valence-corrected chi connectivity index (χ2v) is 6.16. The summed E-state index contributed by atoms with van der Waals surface area (Å²) in [4.78, 5) is 5.85. The Hall–Kier alpha value is -0.750. The summed E-state index contributed by atoms with van der Waals surface area (Å²) >= 11 is 1.41. The van der Waals surface area contributed by atoms with Crippen molar-refractivity contribution in [2.75, 3.05) is 25.0 Å². The molecule has 0 unspecified atom stereocenters. The van der Waals surface area contributed by atoms with Crippen LogP contribution in [0.1, 0.15) is 26.5 Å². The predicted octanol–water partition coefficient (Wildman–Crippen LogP) is 2.78. The second-order valence-electron chi connectivity index (χ2n) is 5.32. The zero-order valence-corrected chi connectivity index (χ0v) is 12.2. The maximum absolute atomic E-state index is 12.2. The molecule has 3 nitrogen and oxygen atoms in total. The van der Waals surface area contributed by atoms with E-state index in [2.05, 4.69) is 31.1 Å². The molecule has 1 aromatic heterocycles. The number of alkyl halides is 2. The minimum atomic E-state index is -2.33. The lowest BCUT2D eigenvalue weighted by molar-refractivity contribution is 0.156. The van der Waals surface area contributed by atoms with Crippen LogP contribution in [0.15, 0.2) is 5.38 Å². The highest BCUT2D eigenvalue weighted by molar-refractivity contribution is 7.13. The number of anilines is 1. The molecule has 1 aromatic rings. The third kappa shape index (κ3) is 5.73. The van der Waals surface area contributed by atoms with Gasteiger partial charge in [0.05, 0.1) is 12.2 Å². The number of rotatable bonds is 6. The van der Waals surface area contributed by atoms with Gasteiger partial charge in [0.2, 0.25) is 0 Å². The van der Waals surface area contributed by atoms with Crippen LogP contribution in [-0.4, -0.2) is 37.1 Å². The molecule has 0 aromatic carbocycles. The Morgan fingerprint density at radius 2 is 2.11 bits per heavy atom. The largest absolute Gasteiger partial charge is 0.345 e. The Kier molecular flexibility index (Phi) is 5.47. The number of thiazole rings is 1. The molecular formula is C12H21F2N3S. The monoisotopic (exact) mass is 277 g/mol. The van der Waals surface area contributed by atoms with Crippen molar-refractivity contribution in [1.82, 2.24) is 10.3 Å². The zero-order chi connectivity index (χ0) is 13.8. The molecule has 18 heavy (non-hydrogen) atoms. The van der Waals surface area contributed by atoms with Gasteiger partial charge in [-0.1, -0.05) is 0 Å². The third-order valence-corrected chi connectivity index (χ3v) is 3.32. The first-order valence-corrected chi connectivity index (χ1v) is 6.84. The van der Waals surface area contributed by atoms with E-state index >= 15 is 0 Å². The topological polar surface area (TPSA) is 28.2 Å². The summed E-state index contributed by atoms with van der Waals surface area (Å²) < 4.78 is 24.5. The van der Waals surface area contributed by atoms with Crippen LogP contribution >= 0.6 is 11.3 Å². The van der Waals surface area contributed by atoms with Crippen LogP contribution in [0.25, 0.3) is 0 Å². The van der Waals surface area contributed by atoms with Crippen molar-refractivity contribution in [2.45, 2.75) is 39.2 Å². The van der Waals surface area contributed by atoms with E-state index in [0.29, 0.717) is 5.13 Å². The van der Waals surface area contributed by atoms with Crippen LogP contribution in [0, 0.1) is 0 Å². The first-order valence-electron chi connectivity index (χ1n) is 5.96. The molecule has 0 aliphatic rings. The minimum Gasteiger partial charge on any atom is -0.345 e. The fourth-order valence-electron chi connectivity index (χ4n) is 1.44. The van der Waals surface area contributed by atoms with Gasteiger partial charge in [0, 0.05) is 30.9 Å². The molecule has 0 amide bonds. The Balaban J connectivity index is 2.43. The van der Waals surface area contributed by atoms with Gasteiger partial charge in [-0.15, -0.1) is 11.3 Å². The molecule has 0 bridgehead atoms. The zero-order valence-electron chi connectivity index (χ0n) is 11.3. The summed E-state index contributed by atoms with van der Waals surface area (Å²) in [6.45, 7) is 6.89. The Morgan fingerprint density at radius 1 is 1.44 bits per heavy atom. The van der Waals surface area contributed by atoms with E-state index in [4.69, 9.17) is 0 Å². The number of hydrogen-bond donors (Lipinski definition) is 1. The summed E-state index contributed by atoms with van der Waals surface area (Å²) in [5, 5.41) is 5.96. The third-order valence-electron chi connectivity index (χ3n) is 2.31. The van der Waals surface area contributed by atoms with Crippen LogP contribution in [0.4, 0.5) is 13.9 Å².